The van der Waals surface area contributed by atoms with Crippen molar-refractivity contribution in [2.45, 2.75) is 11.8 Å². The SMILES string of the molecule is Cc1cccc(NS(=O)(=O)c2cccc(C#N)c2)c1O. The van der Waals surface area contributed by atoms with Crippen molar-refractivity contribution in [2.75, 3.05) is 4.72 Å². The van der Waals surface area contributed by atoms with E-state index in [-0.39, 0.29) is 21.9 Å². The van der Waals surface area contributed by atoms with Crippen molar-refractivity contribution in [1.29, 1.82) is 5.26 Å². The van der Waals surface area contributed by atoms with Gasteiger partial charge in [0.2, 0.25) is 0 Å². The van der Waals surface area contributed by atoms with Gasteiger partial charge in [-0.05, 0) is 36.8 Å². The highest BCUT2D eigenvalue weighted by molar-refractivity contribution is 7.92. The minimum atomic E-state index is -3.85. The topological polar surface area (TPSA) is 90.2 Å². The molecule has 5 nitrogen and oxygen atoms in total. The first-order chi connectivity index (χ1) is 9.44. The van der Waals surface area contributed by atoms with Gasteiger partial charge in [-0.15, -0.1) is 0 Å². The summed E-state index contributed by atoms with van der Waals surface area (Å²) in [4.78, 5) is -0.0301. The van der Waals surface area contributed by atoms with Gasteiger partial charge in [0.05, 0.1) is 22.2 Å². The molecule has 0 spiro atoms. The number of sulfonamides is 1. The monoisotopic (exact) mass is 288 g/mol. The van der Waals surface area contributed by atoms with Crippen LogP contribution in [0.3, 0.4) is 0 Å². The highest BCUT2D eigenvalue weighted by Gasteiger charge is 2.17. The normalized spacial score (nSPS) is 10.8. The first-order valence-corrected chi connectivity index (χ1v) is 7.24. The van der Waals surface area contributed by atoms with Gasteiger partial charge in [-0.3, -0.25) is 4.72 Å². The fourth-order valence-electron chi connectivity index (χ4n) is 1.68. The molecule has 2 aromatic carbocycles. The second-order valence-corrected chi connectivity index (χ2v) is 5.90. The van der Waals surface area contributed by atoms with Gasteiger partial charge < -0.3 is 5.11 Å². The molecule has 2 N–H and O–H groups in total. The molecule has 102 valence electrons. The molecule has 0 saturated carbocycles. The molecule has 0 fully saturated rings. The molecule has 0 aliphatic rings. The fraction of sp³-hybridized carbons (Fsp3) is 0.0714. The molecule has 2 rings (SSSR count). The number of hydrogen-bond donors (Lipinski definition) is 2. The number of nitriles is 1. The van der Waals surface area contributed by atoms with Gasteiger partial charge in [0.25, 0.3) is 10.0 Å². The second-order valence-electron chi connectivity index (χ2n) is 4.22. The number of para-hydroxylation sites is 1. The predicted octanol–water partition coefficient (Wildman–Crippen LogP) is 2.37. The summed E-state index contributed by atoms with van der Waals surface area (Å²) in [7, 11) is -3.85. The molecule has 6 heteroatoms. The third kappa shape index (κ3) is 2.73. The molecule has 0 amide bonds. The van der Waals surface area contributed by atoms with E-state index in [0.717, 1.165) is 0 Å². The summed E-state index contributed by atoms with van der Waals surface area (Å²) in [5.74, 6) is -0.118. The van der Waals surface area contributed by atoms with Crippen LogP contribution in [0, 0.1) is 18.3 Å². The van der Waals surface area contributed by atoms with Crippen LogP contribution in [0.5, 0.6) is 5.75 Å². The fourth-order valence-corrected chi connectivity index (χ4v) is 2.79. The quantitative estimate of drug-likeness (QED) is 0.848. The van der Waals surface area contributed by atoms with E-state index < -0.39 is 10.0 Å². The van der Waals surface area contributed by atoms with Gasteiger partial charge in [-0.1, -0.05) is 18.2 Å². The van der Waals surface area contributed by atoms with Crippen molar-refractivity contribution < 1.29 is 13.5 Å². The highest BCUT2D eigenvalue weighted by atomic mass is 32.2. The number of nitrogens with zero attached hydrogens (tertiary/aromatic N) is 1. The number of aromatic hydroxyl groups is 1. The lowest BCUT2D eigenvalue weighted by Gasteiger charge is -2.11. The maximum atomic E-state index is 12.2. The van der Waals surface area contributed by atoms with Crippen LogP contribution in [-0.2, 0) is 10.0 Å². The maximum absolute atomic E-state index is 12.2. The minimum absolute atomic E-state index is 0.0301. The third-order valence-corrected chi connectivity index (χ3v) is 4.12. The Balaban J connectivity index is 2.41. The Morgan fingerprint density at radius 1 is 1.20 bits per heavy atom. The number of benzene rings is 2. The lowest BCUT2D eigenvalue weighted by atomic mass is 10.2. The molecule has 0 aliphatic carbocycles. The lowest BCUT2D eigenvalue weighted by Crippen LogP contribution is -2.13. The molecule has 20 heavy (non-hydrogen) atoms. The molecule has 0 atom stereocenters. The zero-order chi connectivity index (χ0) is 14.8. The number of hydrogen-bond acceptors (Lipinski definition) is 4. The van der Waals surface area contributed by atoms with Gasteiger partial charge in [-0.25, -0.2) is 8.42 Å². The number of anilines is 1. The van der Waals surface area contributed by atoms with Crippen molar-refractivity contribution in [3.05, 3.63) is 53.6 Å². The Kier molecular flexibility index (Phi) is 3.63. The Labute approximate surface area is 117 Å². The minimum Gasteiger partial charge on any atom is -0.505 e. The molecule has 0 saturated heterocycles. The van der Waals surface area contributed by atoms with Crippen molar-refractivity contribution in [3.63, 3.8) is 0 Å². The number of nitrogens with one attached hydrogen (secondary N) is 1. The van der Waals surface area contributed by atoms with Crippen molar-refractivity contribution in [2.24, 2.45) is 0 Å². The molecule has 0 aliphatic heterocycles. The van der Waals surface area contributed by atoms with E-state index in [1.54, 1.807) is 19.1 Å². The first-order valence-electron chi connectivity index (χ1n) is 5.75. The smallest absolute Gasteiger partial charge is 0.262 e. The van der Waals surface area contributed by atoms with Crippen LogP contribution in [0.25, 0.3) is 0 Å². The number of rotatable bonds is 3. The van der Waals surface area contributed by atoms with Gasteiger partial charge in [-0.2, -0.15) is 5.26 Å². The Morgan fingerprint density at radius 2 is 1.90 bits per heavy atom. The molecule has 0 bridgehead atoms. The highest BCUT2D eigenvalue weighted by Crippen LogP contribution is 2.28. The van der Waals surface area contributed by atoms with E-state index in [0.29, 0.717) is 5.56 Å². The van der Waals surface area contributed by atoms with E-state index in [4.69, 9.17) is 5.26 Å². The van der Waals surface area contributed by atoms with Crippen LogP contribution >= 0.6 is 0 Å². The molecular formula is C14H12N2O3S. The molecule has 0 heterocycles. The summed E-state index contributed by atoms with van der Waals surface area (Å²) in [5.41, 5.74) is 0.921. The van der Waals surface area contributed by atoms with Crippen LogP contribution in [0.2, 0.25) is 0 Å². The zero-order valence-corrected chi connectivity index (χ0v) is 11.5. The van der Waals surface area contributed by atoms with Crippen LogP contribution in [0.15, 0.2) is 47.4 Å². The van der Waals surface area contributed by atoms with Crippen molar-refractivity contribution in [1.82, 2.24) is 0 Å². The van der Waals surface area contributed by atoms with E-state index in [1.165, 1.54) is 30.3 Å². The summed E-state index contributed by atoms with van der Waals surface area (Å²) in [5, 5.41) is 18.6. The largest absolute Gasteiger partial charge is 0.505 e. The van der Waals surface area contributed by atoms with Crippen LogP contribution in [0.1, 0.15) is 11.1 Å². The van der Waals surface area contributed by atoms with Gasteiger partial charge in [0.15, 0.2) is 0 Å². The van der Waals surface area contributed by atoms with Gasteiger partial charge >= 0.3 is 0 Å². The van der Waals surface area contributed by atoms with Crippen molar-refractivity contribution in [3.8, 4) is 11.8 Å². The molecular weight excluding hydrogens is 276 g/mol. The summed E-state index contributed by atoms with van der Waals surface area (Å²) in [6.07, 6.45) is 0. The zero-order valence-electron chi connectivity index (χ0n) is 10.7. The van der Waals surface area contributed by atoms with E-state index in [2.05, 4.69) is 4.72 Å². The Bertz CT molecular complexity index is 792. The van der Waals surface area contributed by atoms with E-state index >= 15 is 0 Å². The molecule has 0 unspecified atom stereocenters. The summed E-state index contributed by atoms with van der Waals surface area (Å²) in [6, 6.07) is 12.3. The van der Waals surface area contributed by atoms with Gasteiger partial charge in [0, 0.05) is 0 Å². The first kappa shape index (κ1) is 13.9. The number of aryl methyl sites for hydroxylation is 1. The standard InChI is InChI=1S/C14H12N2O3S/c1-10-4-2-7-13(14(10)17)16-20(18,19)12-6-3-5-11(8-12)9-15/h2-8,16-17H,1H3. The van der Waals surface area contributed by atoms with Gasteiger partial charge in [0.1, 0.15) is 5.75 Å². The molecule has 0 aromatic heterocycles. The van der Waals surface area contributed by atoms with Crippen LogP contribution in [0.4, 0.5) is 5.69 Å². The van der Waals surface area contributed by atoms with Crippen LogP contribution < -0.4 is 4.72 Å². The second kappa shape index (κ2) is 5.23. The van der Waals surface area contributed by atoms with E-state index in [1.807, 2.05) is 6.07 Å². The Hall–Kier alpha value is -2.52. The summed E-state index contributed by atoms with van der Waals surface area (Å²) >= 11 is 0. The average molecular weight is 288 g/mol. The lowest BCUT2D eigenvalue weighted by molar-refractivity contribution is 0.473. The molecule has 2 aromatic rings. The Morgan fingerprint density at radius 3 is 2.60 bits per heavy atom. The summed E-state index contributed by atoms with van der Waals surface area (Å²) in [6.45, 7) is 1.67. The van der Waals surface area contributed by atoms with Crippen LogP contribution in [-0.4, -0.2) is 13.5 Å². The molecule has 0 radical (unpaired) electrons. The third-order valence-electron chi connectivity index (χ3n) is 2.76. The maximum Gasteiger partial charge on any atom is 0.262 e. The van der Waals surface area contributed by atoms with Crippen molar-refractivity contribution >= 4 is 15.7 Å². The number of phenolic OH excluding ortho intramolecular Hbond substituents is 1. The number of phenols is 1. The van der Waals surface area contributed by atoms with E-state index in [9.17, 15) is 13.5 Å². The predicted molar refractivity (Wildman–Crippen MR) is 74.8 cm³/mol. The summed E-state index contributed by atoms with van der Waals surface area (Å²) < 4.78 is 26.7. The average Bonchev–Trinajstić information content (AvgIpc) is 2.44.